The van der Waals surface area contributed by atoms with E-state index in [1.165, 1.54) is 6.26 Å². The molecule has 2 N–H and O–H groups in total. The number of hydrogen-bond donors (Lipinski definition) is 2. The Balaban J connectivity index is 3.23. The van der Waals surface area contributed by atoms with Gasteiger partial charge >= 0.3 is 0 Å². The SMILES string of the molecule is CC(CO)CCCNCCS(C)(=O)=O. The summed E-state index contributed by atoms with van der Waals surface area (Å²) in [4.78, 5) is 0. The molecular formula is C9H21NO3S. The molecule has 0 aliphatic heterocycles. The number of aliphatic hydroxyl groups excluding tert-OH is 1. The van der Waals surface area contributed by atoms with Crippen molar-refractivity contribution in [3.8, 4) is 0 Å². The van der Waals surface area contributed by atoms with Crippen LogP contribution in [0.5, 0.6) is 0 Å². The second kappa shape index (κ2) is 7.20. The van der Waals surface area contributed by atoms with Crippen molar-refractivity contribution in [3.05, 3.63) is 0 Å². The fourth-order valence-electron chi connectivity index (χ4n) is 1.05. The largest absolute Gasteiger partial charge is 0.396 e. The molecule has 0 aliphatic rings. The predicted molar refractivity (Wildman–Crippen MR) is 58.1 cm³/mol. The molecule has 0 aliphatic carbocycles. The zero-order chi connectivity index (χ0) is 11.0. The van der Waals surface area contributed by atoms with Crippen LogP contribution in [0.25, 0.3) is 0 Å². The third-order valence-corrected chi connectivity index (χ3v) is 2.96. The first-order valence-electron chi connectivity index (χ1n) is 4.95. The molecule has 0 spiro atoms. The summed E-state index contributed by atoms with van der Waals surface area (Å²) < 4.78 is 21.5. The van der Waals surface area contributed by atoms with Gasteiger partial charge in [-0.2, -0.15) is 0 Å². The topological polar surface area (TPSA) is 66.4 Å². The fourth-order valence-corrected chi connectivity index (χ4v) is 1.56. The van der Waals surface area contributed by atoms with E-state index < -0.39 is 9.84 Å². The van der Waals surface area contributed by atoms with Crippen LogP contribution in [-0.2, 0) is 9.84 Å². The van der Waals surface area contributed by atoms with Crippen molar-refractivity contribution in [1.82, 2.24) is 5.32 Å². The van der Waals surface area contributed by atoms with Gasteiger partial charge in [0.15, 0.2) is 0 Å². The Morgan fingerprint density at radius 2 is 2.00 bits per heavy atom. The Bertz CT molecular complexity index is 226. The monoisotopic (exact) mass is 223 g/mol. The normalized spacial score (nSPS) is 14.2. The quantitative estimate of drug-likeness (QED) is 0.570. The van der Waals surface area contributed by atoms with Gasteiger partial charge in [0.1, 0.15) is 9.84 Å². The third kappa shape index (κ3) is 9.95. The van der Waals surface area contributed by atoms with Gasteiger partial charge in [0.05, 0.1) is 5.75 Å². The smallest absolute Gasteiger partial charge is 0.148 e. The predicted octanol–water partition coefficient (Wildman–Crippen LogP) is 0.0292. The van der Waals surface area contributed by atoms with Crippen LogP contribution < -0.4 is 5.32 Å². The number of nitrogens with one attached hydrogen (secondary N) is 1. The Kier molecular flexibility index (Phi) is 7.13. The molecule has 0 aromatic heterocycles. The summed E-state index contributed by atoms with van der Waals surface area (Å²) in [6, 6.07) is 0. The Morgan fingerprint density at radius 1 is 1.36 bits per heavy atom. The van der Waals surface area contributed by atoms with Crippen LogP contribution >= 0.6 is 0 Å². The Morgan fingerprint density at radius 3 is 2.50 bits per heavy atom. The van der Waals surface area contributed by atoms with Crippen molar-refractivity contribution in [2.75, 3.05) is 31.7 Å². The second-order valence-electron chi connectivity index (χ2n) is 3.81. The fraction of sp³-hybridized carbons (Fsp3) is 1.00. The molecule has 1 atom stereocenters. The van der Waals surface area contributed by atoms with E-state index in [2.05, 4.69) is 5.32 Å². The van der Waals surface area contributed by atoms with Gasteiger partial charge in [-0.15, -0.1) is 0 Å². The van der Waals surface area contributed by atoms with Gasteiger partial charge in [-0.25, -0.2) is 8.42 Å². The highest BCUT2D eigenvalue weighted by Gasteiger charge is 2.01. The van der Waals surface area contributed by atoms with E-state index in [4.69, 9.17) is 5.11 Å². The number of rotatable bonds is 8. The van der Waals surface area contributed by atoms with E-state index in [9.17, 15) is 8.42 Å². The number of aliphatic hydroxyl groups is 1. The highest BCUT2D eigenvalue weighted by atomic mass is 32.2. The van der Waals surface area contributed by atoms with Crippen LogP contribution in [0, 0.1) is 5.92 Å². The zero-order valence-corrected chi connectivity index (χ0v) is 9.81. The Labute approximate surface area is 86.6 Å². The summed E-state index contributed by atoms with van der Waals surface area (Å²) in [5.74, 6) is 0.537. The summed E-state index contributed by atoms with van der Waals surface area (Å²) >= 11 is 0. The summed E-state index contributed by atoms with van der Waals surface area (Å²) in [7, 11) is -2.83. The first-order valence-corrected chi connectivity index (χ1v) is 7.01. The molecule has 0 aromatic carbocycles. The molecule has 4 nitrogen and oxygen atoms in total. The average molecular weight is 223 g/mol. The Hall–Kier alpha value is -0.130. The number of sulfone groups is 1. The van der Waals surface area contributed by atoms with Crippen molar-refractivity contribution in [3.63, 3.8) is 0 Å². The summed E-state index contributed by atoms with van der Waals surface area (Å²) in [6.45, 7) is 3.56. The van der Waals surface area contributed by atoms with Gasteiger partial charge in [-0.1, -0.05) is 6.92 Å². The van der Waals surface area contributed by atoms with Crippen molar-refractivity contribution in [1.29, 1.82) is 0 Å². The molecule has 0 fully saturated rings. The molecule has 1 unspecified atom stereocenters. The molecule has 0 aromatic rings. The van der Waals surface area contributed by atoms with E-state index in [-0.39, 0.29) is 12.4 Å². The summed E-state index contributed by atoms with van der Waals surface area (Å²) in [6.07, 6.45) is 3.19. The lowest BCUT2D eigenvalue weighted by Gasteiger charge is -2.07. The standard InChI is InChI=1S/C9H21NO3S/c1-9(8-11)4-3-5-10-6-7-14(2,12)13/h9-11H,3-8H2,1-2H3. The molecule has 0 saturated heterocycles. The second-order valence-corrected chi connectivity index (χ2v) is 6.07. The molecule has 14 heavy (non-hydrogen) atoms. The highest BCUT2D eigenvalue weighted by Crippen LogP contribution is 2.02. The van der Waals surface area contributed by atoms with Gasteiger partial charge in [0.2, 0.25) is 0 Å². The maximum atomic E-state index is 10.7. The third-order valence-electron chi connectivity index (χ3n) is 2.01. The molecule has 0 bridgehead atoms. The molecule has 0 heterocycles. The van der Waals surface area contributed by atoms with E-state index in [0.29, 0.717) is 12.5 Å². The van der Waals surface area contributed by atoms with Gasteiger partial charge in [-0.05, 0) is 25.3 Å². The summed E-state index contributed by atoms with van der Waals surface area (Å²) in [5.41, 5.74) is 0. The maximum Gasteiger partial charge on any atom is 0.148 e. The molecule has 0 rings (SSSR count). The van der Waals surface area contributed by atoms with Crippen molar-refractivity contribution in [2.45, 2.75) is 19.8 Å². The lowest BCUT2D eigenvalue weighted by molar-refractivity contribution is 0.228. The van der Waals surface area contributed by atoms with Crippen LogP contribution in [0.3, 0.4) is 0 Å². The average Bonchev–Trinajstić information content (AvgIpc) is 2.08. The van der Waals surface area contributed by atoms with E-state index in [1.807, 2.05) is 6.92 Å². The first kappa shape index (κ1) is 13.9. The minimum Gasteiger partial charge on any atom is -0.396 e. The lowest BCUT2D eigenvalue weighted by atomic mass is 10.1. The summed E-state index contributed by atoms with van der Waals surface area (Å²) in [5, 5.41) is 11.8. The van der Waals surface area contributed by atoms with E-state index in [1.54, 1.807) is 0 Å². The van der Waals surface area contributed by atoms with Crippen molar-refractivity contribution in [2.24, 2.45) is 5.92 Å². The van der Waals surface area contributed by atoms with Crippen LogP contribution in [0.4, 0.5) is 0 Å². The van der Waals surface area contributed by atoms with E-state index in [0.717, 1.165) is 19.4 Å². The zero-order valence-electron chi connectivity index (χ0n) is 8.99. The highest BCUT2D eigenvalue weighted by molar-refractivity contribution is 7.90. The molecule has 0 radical (unpaired) electrons. The van der Waals surface area contributed by atoms with Gasteiger partial charge in [0, 0.05) is 19.4 Å². The van der Waals surface area contributed by atoms with Crippen molar-refractivity contribution < 1.29 is 13.5 Å². The van der Waals surface area contributed by atoms with Crippen LogP contribution in [0.2, 0.25) is 0 Å². The maximum absolute atomic E-state index is 10.7. The van der Waals surface area contributed by atoms with Gasteiger partial charge in [-0.3, -0.25) is 0 Å². The molecule has 0 saturated carbocycles. The van der Waals surface area contributed by atoms with Gasteiger partial charge in [0.25, 0.3) is 0 Å². The minimum atomic E-state index is -2.83. The van der Waals surface area contributed by atoms with Crippen LogP contribution in [0.15, 0.2) is 0 Å². The van der Waals surface area contributed by atoms with Crippen LogP contribution in [-0.4, -0.2) is 45.2 Å². The first-order chi connectivity index (χ1) is 6.45. The lowest BCUT2D eigenvalue weighted by Crippen LogP contribution is -2.23. The molecular weight excluding hydrogens is 202 g/mol. The van der Waals surface area contributed by atoms with Gasteiger partial charge < -0.3 is 10.4 Å². The molecule has 86 valence electrons. The van der Waals surface area contributed by atoms with E-state index >= 15 is 0 Å². The minimum absolute atomic E-state index is 0.197. The molecule has 5 heteroatoms. The van der Waals surface area contributed by atoms with Crippen molar-refractivity contribution >= 4 is 9.84 Å². The van der Waals surface area contributed by atoms with Crippen LogP contribution in [0.1, 0.15) is 19.8 Å². The number of hydrogen-bond acceptors (Lipinski definition) is 4. The molecule has 0 amide bonds.